The van der Waals surface area contributed by atoms with Gasteiger partial charge in [-0.1, -0.05) is 29.8 Å². The number of hydrogen-bond donors (Lipinski definition) is 1. The first-order valence-electron chi connectivity index (χ1n) is 8.13. The highest BCUT2D eigenvalue weighted by Gasteiger charge is 2.08. The van der Waals surface area contributed by atoms with E-state index in [4.69, 9.17) is 11.6 Å². The second kappa shape index (κ2) is 8.61. The van der Waals surface area contributed by atoms with E-state index in [0.717, 1.165) is 27.7 Å². The van der Waals surface area contributed by atoms with Crippen molar-refractivity contribution in [1.29, 1.82) is 0 Å². The molecule has 3 nitrogen and oxygen atoms in total. The Kier molecular flexibility index (Phi) is 6.24. The topological polar surface area (TPSA) is 42.0 Å². The van der Waals surface area contributed by atoms with Crippen LogP contribution in [0.5, 0.6) is 0 Å². The Morgan fingerprint density at radius 1 is 1.20 bits per heavy atom. The third kappa shape index (κ3) is 5.14. The number of benzene rings is 1. The van der Waals surface area contributed by atoms with Gasteiger partial charge in [-0.25, -0.2) is 4.98 Å². The molecule has 0 aliphatic heterocycles. The van der Waals surface area contributed by atoms with E-state index >= 15 is 0 Å². The molecule has 130 valence electrons. The summed E-state index contributed by atoms with van der Waals surface area (Å²) in [6.45, 7) is 2.66. The Morgan fingerprint density at radius 2 is 2.04 bits per heavy atom. The molecule has 1 amide bonds. The molecule has 0 unspecified atom stereocenters. The van der Waals surface area contributed by atoms with Crippen molar-refractivity contribution in [2.24, 2.45) is 0 Å². The zero-order valence-corrected chi connectivity index (χ0v) is 16.3. The van der Waals surface area contributed by atoms with E-state index in [-0.39, 0.29) is 5.91 Å². The predicted octanol–water partition coefficient (Wildman–Crippen LogP) is 5.12. The van der Waals surface area contributed by atoms with Crippen LogP contribution in [0.25, 0.3) is 10.6 Å². The molecule has 0 radical (unpaired) electrons. The van der Waals surface area contributed by atoms with Crippen molar-refractivity contribution in [3.63, 3.8) is 0 Å². The van der Waals surface area contributed by atoms with Gasteiger partial charge in [-0.3, -0.25) is 4.79 Å². The average molecular weight is 391 g/mol. The van der Waals surface area contributed by atoms with Crippen molar-refractivity contribution in [3.8, 4) is 10.6 Å². The number of thiazole rings is 1. The van der Waals surface area contributed by atoms with Crippen LogP contribution in [0.2, 0.25) is 5.02 Å². The first-order valence-corrected chi connectivity index (χ1v) is 10.2. The van der Waals surface area contributed by atoms with Gasteiger partial charge in [0.1, 0.15) is 0 Å². The standard InChI is InChI=1S/C19H19ClN2OS2/c1-13-22-17(12-24-13)18-8-7-15(25-18)10-11-21-19(23)9-6-14-4-2-3-5-16(14)20/h2-5,7-8,12H,6,9-11H2,1H3,(H,21,23). The molecule has 1 N–H and O–H groups in total. The number of hydrogen-bond acceptors (Lipinski definition) is 4. The maximum Gasteiger partial charge on any atom is 0.220 e. The van der Waals surface area contributed by atoms with Gasteiger partial charge >= 0.3 is 0 Å². The minimum Gasteiger partial charge on any atom is -0.356 e. The van der Waals surface area contributed by atoms with E-state index in [9.17, 15) is 4.79 Å². The summed E-state index contributed by atoms with van der Waals surface area (Å²) in [6, 6.07) is 11.9. The maximum absolute atomic E-state index is 12.0. The normalized spacial score (nSPS) is 10.8. The van der Waals surface area contributed by atoms with Gasteiger partial charge < -0.3 is 5.32 Å². The molecular formula is C19H19ClN2OS2. The molecule has 3 aromatic rings. The van der Waals surface area contributed by atoms with Crippen LogP contribution in [0.1, 0.15) is 21.9 Å². The minimum atomic E-state index is 0.0619. The van der Waals surface area contributed by atoms with Gasteiger partial charge in [0.25, 0.3) is 0 Å². The molecule has 0 bridgehead atoms. The van der Waals surface area contributed by atoms with Gasteiger partial charge in [-0.15, -0.1) is 22.7 Å². The molecule has 0 fully saturated rings. The Balaban J connectivity index is 1.43. The minimum absolute atomic E-state index is 0.0619. The molecule has 0 aliphatic carbocycles. The molecule has 6 heteroatoms. The van der Waals surface area contributed by atoms with Gasteiger partial charge in [-0.2, -0.15) is 0 Å². The molecular weight excluding hydrogens is 372 g/mol. The van der Waals surface area contributed by atoms with Crippen molar-refractivity contribution in [3.05, 3.63) is 62.2 Å². The van der Waals surface area contributed by atoms with E-state index in [1.807, 2.05) is 31.2 Å². The van der Waals surface area contributed by atoms with Crippen LogP contribution in [-0.2, 0) is 17.6 Å². The number of aromatic nitrogens is 1. The fraction of sp³-hybridized carbons (Fsp3) is 0.263. The summed E-state index contributed by atoms with van der Waals surface area (Å²) in [6.07, 6.45) is 1.96. The fourth-order valence-corrected chi connectivity index (χ4v) is 4.38. The summed E-state index contributed by atoms with van der Waals surface area (Å²) in [4.78, 5) is 18.9. The van der Waals surface area contributed by atoms with Crippen LogP contribution in [0.4, 0.5) is 0 Å². The highest BCUT2D eigenvalue weighted by atomic mass is 35.5. The first-order chi connectivity index (χ1) is 12.1. The smallest absolute Gasteiger partial charge is 0.220 e. The quantitative estimate of drug-likeness (QED) is 0.608. The monoisotopic (exact) mass is 390 g/mol. The number of carbonyl (C=O) groups excluding carboxylic acids is 1. The third-order valence-corrected chi connectivity index (χ3v) is 6.12. The van der Waals surface area contributed by atoms with Crippen LogP contribution >= 0.6 is 34.3 Å². The van der Waals surface area contributed by atoms with Crippen LogP contribution in [0, 0.1) is 6.92 Å². The number of aryl methyl sites for hydroxylation is 2. The van der Waals surface area contributed by atoms with Crippen molar-refractivity contribution in [1.82, 2.24) is 10.3 Å². The Labute approximate surface area is 160 Å². The summed E-state index contributed by atoms with van der Waals surface area (Å²) in [5, 5.41) is 6.87. The van der Waals surface area contributed by atoms with Crippen molar-refractivity contribution < 1.29 is 4.79 Å². The number of thiophene rings is 1. The Bertz CT molecular complexity index is 856. The number of carbonyl (C=O) groups is 1. The first kappa shape index (κ1) is 18.1. The van der Waals surface area contributed by atoms with Gasteiger partial charge in [0.05, 0.1) is 15.6 Å². The highest BCUT2D eigenvalue weighted by molar-refractivity contribution is 7.16. The average Bonchev–Trinajstić information content (AvgIpc) is 3.23. The molecule has 0 saturated heterocycles. The second-order valence-electron chi connectivity index (χ2n) is 5.71. The number of amides is 1. The summed E-state index contributed by atoms with van der Waals surface area (Å²) in [7, 11) is 0. The zero-order chi connectivity index (χ0) is 17.6. The van der Waals surface area contributed by atoms with E-state index < -0.39 is 0 Å². The summed E-state index contributed by atoms with van der Waals surface area (Å²) < 4.78 is 0. The number of nitrogens with zero attached hydrogens (tertiary/aromatic N) is 1. The second-order valence-corrected chi connectivity index (χ2v) is 8.35. The molecule has 0 atom stereocenters. The maximum atomic E-state index is 12.0. The zero-order valence-electron chi connectivity index (χ0n) is 13.9. The summed E-state index contributed by atoms with van der Waals surface area (Å²) in [5.74, 6) is 0.0619. The van der Waals surface area contributed by atoms with Crippen molar-refractivity contribution in [2.45, 2.75) is 26.2 Å². The molecule has 0 saturated carbocycles. The molecule has 3 rings (SSSR count). The molecule has 1 aromatic carbocycles. The number of halogens is 1. The Hall–Kier alpha value is -1.69. The lowest BCUT2D eigenvalue weighted by atomic mass is 10.1. The van der Waals surface area contributed by atoms with Crippen LogP contribution in [0.15, 0.2) is 41.8 Å². The van der Waals surface area contributed by atoms with E-state index in [0.29, 0.717) is 19.4 Å². The number of rotatable bonds is 7. The van der Waals surface area contributed by atoms with E-state index in [2.05, 4.69) is 27.8 Å². The molecule has 25 heavy (non-hydrogen) atoms. The lowest BCUT2D eigenvalue weighted by Crippen LogP contribution is -2.25. The van der Waals surface area contributed by atoms with E-state index in [1.165, 1.54) is 9.75 Å². The molecule has 2 heterocycles. The van der Waals surface area contributed by atoms with Gasteiger partial charge in [-0.05, 0) is 43.5 Å². The molecule has 2 aromatic heterocycles. The van der Waals surface area contributed by atoms with Crippen LogP contribution < -0.4 is 5.32 Å². The largest absolute Gasteiger partial charge is 0.356 e. The summed E-state index contributed by atoms with van der Waals surface area (Å²) >= 11 is 9.51. The van der Waals surface area contributed by atoms with Crippen molar-refractivity contribution >= 4 is 40.2 Å². The molecule has 0 spiro atoms. The van der Waals surface area contributed by atoms with Gasteiger partial charge in [0, 0.05) is 28.2 Å². The van der Waals surface area contributed by atoms with Crippen molar-refractivity contribution in [2.75, 3.05) is 6.54 Å². The highest BCUT2D eigenvalue weighted by Crippen LogP contribution is 2.29. The third-order valence-electron chi connectivity index (χ3n) is 3.81. The lowest BCUT2D eigenvalue weighted by Gasteiger charge is -2.05. The van der Waals surface area contributed by atoms with Gasteiger partial charge in [0.2, 0.25) is 5.91 Å². The SMILES string of the molecule is Cc1nc(-c2ccc(CCNC(=O)CCc3ccccc3Cl)s2)cs1. The number of nitrogens with one attached hydrogen (secondary N) is 1. The molecule has 0 aliphatic rings. The lowest BCUT2D eigenvalue weighted by molar-refractivity contribution is -0.121. The van der Waals surface area contributed by atoms with Crippen LogP contribution in [0.3, 0.4) is 0 Å². The predicted molar refractivity (Wildman–Crippen MR) is 107 cm³/mol. The summed E-state index contributed by atoms with van der Waals surface area (Å²) in [5.41, 5.74) is 2.06. The van der Waals surface area contributed by atoms with Gasteiger partial charge in [0.15, 0.2) is 0 Å². The fourth-order valence-electron chi connectivity index (χ4n) is 2.49. The van der Waals surface area contributed by atoms with E-state index in [1.54, 1.807) is 22.7 Å². The van der Waals surface area contributed by atoms with Crippen LogP contribution in [-0.4, -0.2) is 17.4 Å². The Morgan fingerprint density at radius 3 is 2.80 bits per heavy atom.